The number of nitrogens with one attached hydrogen (secondary N) is 1. The number of anilines is 1. The van der Waals surface area contributed by atoms with E-state index in [0.717, 1.165) is 38.6 Å². The number of aromatic nitrogens is 1. The molecule has 0 amide bonds. The lowest BCUT2D eigenvalue weighted by atomic mass is 9.90. The summed E-state index contributed by atoms with van der Waals surface area (Å²) in [5.41, 5.74) is 4.14. The minimum atomic E-state index is -0.203. The number of hydrogen-bond acceptors (Lipinski definition) is 5. The first-order chi connectivity index (χ1) is 12.9. The molecule has 1 N–H and O–H groups in total. The van der Waals surface area contributed by atoms with Gasteiger partial charge in [0, 0.05) is 16.8 Å². The molecule has 4 nitrogen and oxygen atoms in total. The zero-order chi connectivity index (χ0) is 19.2. The van der Waals surface area contributed by atoms with Crippen LogP contribution in [0.3, 0.4) is 0 Å². The molecule has 4 rings (SSSR count). The Labute approximate surface area is 168 Å². The van der Waals surface area contributed by atoms with Crippen molar-refractivity contribution in [2.75, 3.05) is 19.0 Å². The van der Waals surface area contributed by atoms with Crippen LogP contribution in [0.15, 0.2) is 42.5 Å². The van der Waals surface area contributed by atoms with Crippen LogP contribution in [0.2, 0.25) is 0 Å². The van der Waals surface area contributed by atoms with Gasteiger partial charge in [-0.1, -0.05) is 23.8 Å². The van der Waals surface area contributed by atoms with Crippen LogP contribution in [0.1, 0.15) is 25.6 Å². The van der Waals surface area contributed by atoms with Crippen molar-refractivity contribution in [3.63, 3.8) is 0 Å². The van der Waals surface area contributed by atoms with Gasteiger partial charge < -0.3 is 14.8 Å². The molecular formula is C21H22N2O2S2. The third-order valence-corrected chi connectivity index (χ3v) is 6.68. The quantitative estimate of drug-likeness (QED) is 0.547. The minimum absolute atomic E-state index is 0.203. The fraction of sp³-hybridized carbons (Fsp3) is 0.286. The molecule has 0 saturated carbocycles. The van der Waals surface area contributed by atoms with Crippen LogP contribution in [0, 0.1) is 4.64 Å². The number of ether oxygens (including phenoxy) is 2. The lowest BCUT2D eigenvalue weighted by Gasteiger charge is -2.33. The summed E-state index contributed by atoms with van der Waals surface area (Å²) in [4.78, 5) is 1.23. The first-order valence-corrected chi connectivity index (χ1v) is 10.1. The highest BCUT2D eigenvalue weighted by Crippen LogP contribution is 2.48. The third kappa shape index (κ3) is 3.03. The van der Waals surface area contributed by atoms with Crippen molar-refractivity contribution >= 4 is 29.4 Å². The Morgan fingerprint density at radius 1 is 1.11 bits per heavy atom. The first kappa shape index (κ1) is 18.1. The Morgan fingerprint density at radius 3 is 2.48 bits per heavy atom. The number of hydrogen-bond donors (Lipinski definition) is 1. The predicted molar refractivity (Wildman–Crippen MR) is 114 cm³/mol. The van der Waals surface area contributed by atoms with E-state index in [1.165, 1.54) is 4.88 Å². The van der Waals surface area contributed by atoms with Gasteiger partial charge in [0.1, 0.15) is 16.1 Å². The molecule has 0 unspecified atom stereocenters. The van der Waals surface area contributed by atoms with Crippen molar-refractivity contribution in [1.82, 2.24) is 3.96 Å². The van der Waals surface area contributed by atoms with Gasteiger partial charge in [-0.05, 0) is 63.2 Å². The average Bonchev–Trinajstić information content (AvgIpc) is 3.01. The van der Waals surface area contributed by atoms with E-state index in [0.29, 0.717) is 6.61 Å². The molecule has 0 saturated heterocycles. The van der Waals surface area contributed by atoms with Crippen molar-refractivity contribution in [2.45, 2.75) is 26.3 Å². The molecule has 1 aliphatic rings. The highest BCUT2D eigenvalue weighted by atomic mass is 32.1. The number of benzene rings is 2. The number of nitrogens with zero attached hydrogens (tertiary/aromatic N) is 1. The lowest BCUT2D eigenvalue weighted by Crippen LogP contribution is -2.30. The van der Waals surface area contributed by atoms with Crippen LogP contribution in [-0.2, 0) is 5.54 Å². The van der Waals surface area contributed by atoms with Gasteiger partial charge in [-0.25, -0.2) is 0 Å². The molecule has 0 radical (unpaired) electrons. The Kier molecular flexibility index (Phi) is 4.48. The van der Waals surface area contributed by atoms with Crippen LogP contribution in [0.25, 0.3) is 16.8 Å². The van der Waals surface area contributed by atoms with Gasteiger partial charge >= 0.3 is 0 Å². The summed E-state index contributed by atoms with van der Waals surface area (Å²) in [6, 6.07) is 14.2. The molecule has 1 aromatic heterocycles. The number of rotatable bonds is 4. The van der Waals surface area contributed by atoms with Crippen molar-refractivity contribution in [2.24, 2.45) is 0 Å². The second-order valence-corrected chi connectivity index (χ2v) is 8.33. The Balaban J connectivity index is 1.91. The summed E-state index contributed by atoms with van der Waals surface area (Å²) in [5.74, 6) is 1.69. The summed E-state index contributed by atoms with van der Waals surface area (Å²) in [5, 5.41) is 3.65. The molecule has 0 spiro atoms. The maximum absolute atomic E-state index is 5.92. The van der Waals surface area contributed by atoms with E-state index in [9.17, 15) is 0 Å². The molecule has 3 aromatic rings. The molecule has 0 bridgehead atoms. The second-order valence-electron chi connectivity index (χ2n) is 6.98. The number of methoxy groups -OCH3 is 1. The summed E-state index contributed by atoms with van der Waals surface area (Å²) in [6.45, 7) is 7.01. The van der Waals surface area contributed by atoms with Gasteiger partial charge in [-0.3, -0.25) is 3.96 Å². The molecule has 1 aliphatic heterocycles. The van der Waals surface area contributed by atoms with Gasteiger partial charge in [0.25, 0.3) is 0 Å². The van der Waals surface area contributed by atoms with Crippen LogP contribution < -0.4 is 14.8 Å². The van der Waals surface area contributed by atoms with Crippen molar-refractivity contribution < 1.29 is 9.47 Å². The Bertz CT molecular complexity index is 1050. The molecular weight excluding hydrogens is 376 g/mol. The molecule has 140 valence electrons. The van der Waals surface area contributed by atoms with Crippen LogP contribution >= 0.6 is 23.8 Å². The maximum Gasteiger partial charge on any atom is 0.129 e. The summed E-state index contributed by atoms with van der Waals surface area (Å²) < 4.78 is 13.9. The van der Waals surface area contributed by atoms with E-state index in [4.69, 9.17) is 21.7 Å². The van der Waals surface area contributed by atoms with E-state index in [1.807, 2.05) is 37.3 Å². The van der Waals surface area contributed by atoms with E-state index >= 15 is 0 Å². The van der Waals surface area contributed by atoms with E-state index in [2.05, 4.69) is 35.3 Å². The Morgan fingerprint density at radius 2 is 1.81 bits per heavy atom. The zero-order valence-corrected chi connectivity index (χ0v) is 17.5. The van der Waals surface area contributed by atoms with E-state index < -0.39 is 0 Å². The van der Waals surface area contributed by atoms with Gasteiger partial charge in [-0.15, -0.1) is 0 Å². The highest BCUT2D eigenvalue weighted by molar-refractivity contribution is 7.71. The molecule has 27 heavy (non-hydrogen) atoms. The van der Waals surface area contributed by atoms with Crippen molar-refractivity contribution in [1.29, 1.82) is 0 Å². The van der Waals surface area contributed by atoms with Gasteiger partial charge in [-0.2, -0.15) is 0 Å². The molecule has 2 aromatic carbocycles. The molecule has 0 fully saturated rings. The van der Waals surface area contributed by atoms with E-state index in [1.54, 1.807) is 18.6 Å². The SMILES string of the molecule is CCOc1ccc2c(c1)-c1c(sn(-c3ccc(OC)cc3)c1=S)C(C)(C)N2. The van der Waals surface area contributed by atoms with Crippen molar-refractivity contribution in [3.8, 4) is 28.3 Å². The lowest BCUT2D eigenvalue weighted by molar-refractivity contribution is 0.340. The van der Waals surface area contributed by atoms with Crippen molar-refractivity contribution in [3.05, 3.63) is 52.0 Å². The molecule has 0 atom stereocenters. The molecule has 2 heterocycles. The smallest absolute Gasteiger partial charge is 0.129 e. The largest absolute Gasteiger partial charge is 0.497 e. The molecule has 6 heteroatoms. The van der Waals surface area contributed by atoms with Gasteiger partial charge in [0.05, 0.1) is 29.8 Å². The number of fused-ring (bicyclic) bond motifs is 3. The summed E-state index contributed by atoms with van der Waals surface area (Å²) >= 11 is 7.60. The third-order valence-electron chi connectivity index (χ3n) is 4.70. The second kappa shape index (κ2) is 6.69. The summed E-state index contributed by atoms with van der Waals surface area (Å²) in [7, 11) is 1.67. The fourth-order valence-electron chi connectivity index (χ4n) is 3.42. The minimum Gasteiger partial charge on any atom is -0.497 e. The zero-order valence-electron chi connectivity index (χ0n) is 15.8. The van der Waals surface area contributed by atoms with Gasteiger partial charge in [0.2, 0.25) is 0 Å². The highest BCUT2D eigenvalue weighted by Gasteiger charge is 2.34. The standard InChI is InChI=1S/C21H22N2O2S2/c1-5-25-15-10-11-17-16(12-15)18-19(21(2,3)22-17)27-23(20(18)26)13-6-8-14(24-4)9-7-13/h6-12,22H,5H2,1-4H3. The van der Waals surface area contributed by atoms with Gasteiger partial charge in [0.15, 0.2) is 0 Å². The monoisotopic (exact) mass is 398 g/mol. The van der Waals surface area contributed by atoms with Crippen LogP contribution in [0.5, 0.6) is 11.5 Å². The Hall–Kier alpha value is -2.31. The normalized spacial score (nSPS) is 14.1. The topological polar surface area (TPSA) is 35.4 Å². The van der Waals surface area contributed by atoms with Crippen LogP contribution in [0.4, 0.5) is 5.69 Å². The maximum atomic E-state index is 5.92. The first-order valence-electron chi connectivity index (χ1n) is 8.91. The van der Waals surface area contributed by atoms with E-state index in [-0.39, 0.29) is 5.54 Å². The fourth-order valence-corrected chi connectivity index (χ4v) is 5.07. The molecule has 0 aliphatic carbocycles. The summed E-state index contributed by atoms with van der Waals surface area (Å²) in [6.07, 6.45) is 0. The average molecular weight is 399 g/mol. The predicted octanol–water partition coefficient (Wildman–Crippen LogP) is 6.00. The van der Waals surface area contributed by atoms with Crippen LogP contribution in [-0.4, -0.2) is 17.7 Å².